The second kappa shape index (κ2) is 5.92. The number of nitrogens with zero attached hydrogens (tertiary/aromatic N) is 1. The van der Waals surface area contributed by atoms with Crippen LogP contribution in [0.15, 0.2) is 23.6 Å². The quantitative estimate of drug-likeness (QED) is 0.650. The largest absolute Gasteiger partial charge is 0.478 e. The van der Waals surface area contributed by atoms with Crippen molar-refractivity contribution in [3.05, 3.63) is 55.3 Å². The lowest BCUT2D eigenvalue weighted by Gasteiger charge is -2.09. The molecule has 7 heteroatoms. The van der Waals surface area contributed by atoms with Gasteiger partial charge in [0, 0.05) is 34.1 Å². The summed E-state index contributed by atoms with van der Waals surface area (Å²) in [6.45, 7) is 4.00. The Kier molecular flexibility index (Phi) is 4.23. The van der Waals surface area contributed by atoms with Gasteiger partial charge in [-0.05, 0) is 31.5 Å². The maximum atomic E-state index is 11.0. The molecule has 0 aliphatic rings. The Balaban J connectivity index is 2.17. The molecule has 2 aromatic rings. The van der Waals surface area contributed by atoms with E-state index in [-0.39, 0.29) is 11.3 Å². The zero-order valence-corrected chi connectivity index (χ0v) is 12.4. The molecule has 6 nitrogen and oxygen atoms in total. The van der Waals surface area contributed by atoms with E-state index < -0.39 is 10.9 Å². The number of nitro groups is 1. The molecule has 0 radical (unpaired) electrons. The number of anilines is 1. The van der Waals surface area contributed by atoms with Crippen LogP contribution >= 0.6 is 11.3 Å². The number of carboxylic acids is 1. The molecule has 110 valence electrons. The summed E-state index contributed by atoms with van der Waals surface area (Å²) >= 11 is 1.34. The molecule has 0 spiro atoms. The maximum absolute atomic E-state index is 11.0. The van der Waals surface area contributed by atoms with E-state index in [1.165, 1.54) is 17.4 Å². The minimum absolute atomic E-state index is 0.0699. The molecule has 0 aliphatic carbocycles. The summed E-state index contributed by atoms with van der Waals surface area (Å²) in [7, 11) is 0. The molecular weight excluding hydrogens is 292 g/mol. The lowest BCUT2D eigenvalue weighted by Crippen LogP contribution is -2.02. The summed E-state index contributed by atoms with van der Waals surface area (Å²) in [5.41, 5.74) is 2.53. The first-order valence-corrected chi connectivity index (χ1v) is 7.06. The lowest BCUT2D eigenvalue weighted by atomic mass is 10.1. The number of carbonyl (C=O) groups is 1. The maximum Gasteiger partial charge on any atom is 0.336 e. The predicted octanol–water partition coefficient (Wildman–Crippen LogP) is 3.58. The standard InChI is InChI=1S/C14H14N2O4S/c1-8-3-9(2)13(16(19)20)5-12(8)15-6-11-4-10(7-21-11)14(17)18/h3-5,7,15H,6H2,1-2H3,(H,17,18). The zero-order chi connectivity index (χ0) is 15.6. The number of hydrogen-bond acceptors (Lipinski definition) is 5. The van der Waals surface area contributed by atoms with Crippen LogP contribution in [0.25, 0.3) is 0 Å². The number of rotatable bonds is 5. The molecular formula is C14H14N2O4S. The van der Waals surface area contributed by atoms with Gasteiger partial charge < -0.3 is 10.4 Å². The Hall–Kier alpha value is -2.41. The first-order valence-electron chi connectivity index (χ1n) is 6.18. The van der Waals surface area contributed by atoms with E-state index >= 15 is 0 Å². The van der Waals surface area contributed by atoms with Gasteiger partial charge in [-0.25, -0.2) is 4.79 Å². The minimum Gasteiger partial charge on any atom is -0.478 e. The van der Waals surface area contributed by atoms with Crippen LogP contribution in [0.2, 0.25) is 0 Å². The molecule has 0 bridgehead atoms. The van der Waals surface area contributed by atoms with Gasteiger partial charge in [0.2, 0.25) is 0 Å². The number of aryl methyl sites for hydroxylation is 2. The summed E-state index contributed by atoms with van der Waals surface area (Å²) < 4.78 is 0. The van der Waals surface area contributed by atoms with Crippen LogP contribution in [0.5, 0.6) is 0 Å². The highest BCUT2D eigenvalue weighted by molar-refractivity contribution is 7.10. The van der Waals surface area contributed by atoms with Gasteiger partial charge in [0.05, 0.1) is 10.5 Å². The van der Waals surface area contributed by atoms with Crippen LogP contribution in [0.4, 0.5) is 11.4 Å². The average Bonchev–Trinajstić information content (AvgIpc) is 2.86. The summed E-state index contributed by atoms with van der Waals surface area (Å²) in [6.07, 6.45) is 0. The van der Waals surface area contributed by atoms with E-state index in [0.29, 0.717) is 17.8 Å². The molecule has 21 heavy (non-hydrogen) atoms. The van der Waals surface area contributed by atoms with Crippen LogP contribution in [0, 0.1) is 24.0 Å². The van der Waals surface area contributed by atoms with Crippen LogP contribution in [-0.2, 0) is 6.54 Å². The number of nitrogens with one attached hydrogen (secondary N) is 1. The number of thiophene rings is 1. The molecule has 0 saturated heterocycles. The van der Waals surface area contributed by atoms with E-state index in [0.717, 1.165) is 10.4 Å². The van der Waals surface area contributed by atoms with Crippen LogP contribution in [0.3, 0.4) is 0 Å². The molecule has 1 aromatic carbocycles. The van der Waals surface area contributed by atoms with Gasteiger partial charge in [0.25, 0.3) is 5.69 Å². The normalized spacial score (nSPS) is 10.4. The highest BCUT2D eigenvalue weighted by atomic mass is 32.1. The van der Waals surface area contributed by atoms with Gasteiger partial charge >= 0.3 is 5.97 Å². The van der Waals surface area contributed by atoms with E-state index in [2.05, 4.69) is 5.32 Å². The van der Waals surface area contributed by atoms with E-state index in [9.17, 15) is 14.9 Å². The lowest BCUT2D eigenvalue weighted by molar-refractivity contribution is -0.385. The predicted molar refractivity (Wildman–Crippen MR) is 81.2 cm³/mol. The summed E-state index contributed by atoms with van der Waals surface area (Å²) in [6, 6.07) is 4.87. The van der Waals surface area contributed by atoms with Crippen molar-refractivity contribution in [2.75, 3.05) is 5.32 Å². The fourth-order valence-electron chi connectivity index (χ4n) is 2.00. The SMILES string of the molecule is Cc1cc(C)c([N+](=O)[O-])cc1NCc1cc(C(=O)O)cs1. The van der Waals surface area contributed by atoms with E-state index in [1.54, 1.807) is 24.4 Å². The fourth-order valence-corrected chi connectivity index (χ4v) is 2.79. The van der Waals surface area contributed by atoms with Crippen molar-refractivity contribution in [3.63, 3.8) is 0 Å². The first kappa shape index (κ1) is 15.0. The van der Waals surface area contributed by atoms with Crippen molar-refractivity contribution in [2.45, 2.75) is 20.4 Å². The van der Waals surface area contributed by atoms with Crippen LogP contribution in [-0.4, -0.2) is 16.0 Å². The molecule has 0 aliphatic heterocycles. The summed E-state index contributed by atoms with van der Waals surface area (Å²) in [5, 5.41) is 24.5. The van der Waals surface area contributed by atoms with Crippen LogP contribution in [0.1, 0.15) is 26.4 Å². The molecule has 2 N–H and O–H groups in total. The number of nitro benzene ring substituents is 1. The number of hydrogen-bond donors (Lipinski definition) is 2. The first-order chi connectivity index (χ1) is 9.88. The number of aromatic carboxylic acids is 1. The van der Waals surface area contributed by atoms with Crippen molar-refractivity contribution < 1.29 is 14.8 Å². The highest BCUT2D eigenvalue weighted by Gasteiger charge is 2.14. The molecule has 2 rings (SSSR count). The topological polar surface area (TPSA) is 92.5 Å². The summed E-state index contributed by atoms with van der Waals surface area (Å²) in [4.78, 5) is 22.2. The fraction of sp³-hybridized carbons (Fsp3) is 0.214. The molecule has 0 amide bonds. The molecule has 1 heterocycles. The van der Waals surface area contributed by atoms with Crippen molar-refractivity contribution in [3.8, 4) is 0 Å². The monoisotopic (exact) mass is 306 g/mol. The second-order valence-corrected chi connectivity index (χ2v) is 5.67. The molecule has 0 saturated carbocycles. The Morgan fingerprint density at radius 2 is 2.05 bits per heavy atom. The molecule has 0 fully saturated rings. The van der Waals surface area contributed by atoms with Crippen molar-refractivity contribution >= 4 is 28.7 Å². The molecule has 1 aromatic heterocycles. The number of benzene rings is 1. The van der Waals surface area contributed by atoms with Gasteiger partial charge in [-0.1, -0.05) is 0 Å². The average molecular weight is 306 g/mol. The Bertz CT molecular complexity index is 709. The van der Waals surface area contributed by atoms with Crippen LogP contribution < -0.4 is 5.32 Å². The van der Waals surface area contributed by atoms with Crippen molar-refractivity contribution in [1.29, 1.82) is 0 Å². The number of carboxylic acid groups (broad SMARTS) is 1. The third kappa shape index (κ3) is 3.38. The highest BCUT2D eigenvalue weighted by Crippen LogP contribution is 2.27. The van der Waals surface area contributed by atoms with Gasteiger partial charge in [0.1, 0.15) is 0 Å². The Labute approximate surface area is 125 Å². The second-order valence-electron chi connectivity index (χ2n) is 4.67. The third-order valence-corrected chi connectivity index (χ3v) is 4.03. The van der Waals surface area contributed by atoms with E-state index in [4.69, 9.17) is 5.11 Å². The van der Waals surface area contributed by atoms with Crippen molar-refractivity contribution in [2.24, 2.45) is 0 Å². The Morgan fingerprint density at radius 3 is 2.62 bits per heavy atom. The minimum atomic E-state index is -0.959. The molecule has 0 atom stereocenters. The zero-order valence-electron chi connectivity index (χ0n) is 11.5. The smallest absolute Gasteiger partial charge is 0.336 e. The summed E-state index contributed by atoms with van der Waals surface area (Å²) in [5.74, 6) is -0.959. The van der Waals surface area contributed by atoms with Gasteiger partial charge in [0.15, 0.2) is 0 Å². The van der Waals surface area contributed by atoms with E-state index in [1.807, 2.05) is 6.92 Å². The van der Waals surface area contributed by atoms with Crippen molar-refractivity contribution in [1.82, 2.24) is 0 Å². The van der Waals surface area contributed by atoms with Gasteiger partial charge in [-0.15, -0.1) is 11.3 Å². The molecule has 0 unspecified atom stereocenters. The van der Waals surface area contributed by atoms with Gasteiger partial charge in [-0.3, -0.25) is 10.1 Å². The Morgan fingerprint density at radius 1 is 1.33 bits per heavy atom. The third-order valence-electron chi connectivity index (χ3n) is 3.09. The van der Waals surface area contributed by atoms with Gasteiger partial charge in [-0.2, -0.15) is 0 Å².